The van der Waals surface area contributed by atoms with Gasteiger partial charge in [0.05, 0.1) is 6.61 Å². The molecule has 0 fully saturated rings. The van der Waals surface area contributed by atoms with E-state index in [1.807, 2.05) is 6.07 Å². The fourth-order valence-corrected chi connectivity index (χ4v) is 1.49. The lowest BCUT2D eigenvalue weighted by Crippen LogP contribution is -2.00. The van der Waals surface area contributed by atoms with Crippen LogP contribution in [-0.4, -0.2) is 13.2 Å². The molecule has 83 valence electrons. The molecule has 0 bridgehead atoms. The zero-order valence-electron chi connectivity index (χ0n) is 9.45. The van der Waals surface area contributed by atoms with Crippen LogP contribution in [0.3, 0.4) is 0 Å². The standard InChI is InChI=1S/C14H21O/c1-2-3-4-8-12-15-13-11-14-9-6-5-7-10-14/h5-7,9-10H,1-4,8,11-13H2. The number of benzene rings is 1. The molecule has 0 aliphatic carbocycles. The van der Waals surface area contributed by atoms with E-state index >= 15 is 0 Å². The summed E-state index contributed by atoms with van der Waals surface area (Å²) in [6.07, 6.45) is 5.71. The van der Waals surface area contributed by atoms with Crippen LogP contribution in [0.5, 0.6) is 0 Å². The molecule has 0 aromatic heterocycles. The minimum absolute atomic E-state index is 0.842. The second-order valence-corrected chi connectivity index (χ2v) is 3.76. The molecule has 15 heavy (non-hydrogen) atoms. The fourth-order valence-electron chi connectivity index (χ4n) is 1.49. The molecule has 1 aromatic rings. The van der Waals surface area contributed by atoms with Gasteiger partial charge in [0.1, 0.15) is 0 Å². The quantitative estimate of drug-likeness (QED) is 0.589. The van der Waals surface area contributed by atoms with Gasteiger partial charge in [-0.15, -0.1) is 0 Å². The van der Waals surface area contributed by atoms with E-state index in [-0.39, 0.29) is 0 Å². The zero-order chi connectivity index (χ0) is 10.8. The Balaban J connectivity index is 1.93. The Bertz CT molecular complexity index is 230. The molecule has 1 rings (SSSR count). The molecular weight excluding hydrogens is 184 g/mol. The summed E-state index contributed by atoms with van der Waals surface area (Å²) in [5.41, 5.74) is 1.36. The highest BCUT2D eigenvalue weighted by atomic mass is 16.5. The molecule has 0 saturated heterocycles. The van der Waals surface area contributed by atoms with Gasteiger partial charge in [0.25, 0.3) is 0 Å². The van der Waals surface area contributed by atoms with Crippen molar-refractivity contribution in [3.63, 3.8) is 0 Å². The van der Waals surface area contributed by atoms with Crippen LogP contribution in [0, 0.1) is 6.92 Å². The van der Waals surface area contributed by atoms with E-state index in [9.17, 15) is 0 Å². The number of hydrogen-bond donors (Lipinski definition) is 0. The second kappa shape index (κ2) is 8.49. The molecule has 1 aromatic carbocycles. The smallest absolute Gasteiger partial charge is 0.0506 e. The number of rotatable bonds is 8. The number of unbranched alkanes of at least 4 members (excludes halogenated alkanes) is 3. The van der Waals surface area contributed by atoms with Crippen molar-refractivity contribution in [1.82, 2.24) is 0 Å². The maximum absolute atomic E-state index is 5.56. The van der Waals surface area contributed by atoms with E-state index < -0.39 is 0 Å². The Labute approximate surface area is 93.5 Å². The Kier molecular flexibility index (Phi) is 6.93. The van der Waals surface area contributed by atoms with Gasteiger partial charge in [-0.3, -0.25) is 0 Å². The van der Waals surface area contributed by atoms with Crippen LogP contribution in [0.2, 0.25) is 0 Å². The highest BCUT2D eigenvalue weighted by Crippen LogP contribution is 2.01. The van der Waals surface area contributed by atoms with Crippen LogP contribution in [0.15, 0.2) is 30.3 Å². The molecule has 0 amide bonds. The van der Waals surface area contributed by atoms with E-state index in [4.69, 9.17) is 4.74 Å². The van der Waals surface area contributed by atoms with Crippen LogP contribution < -0.4 is 0 Å². The van der Waals surface area contributed by atoms with Crippen LogP contribution in [-0.2, 0) is 11.2 Å². The van der Waals surface area contributed by atoms with E-state index in [2.05, 4.69) is 31.2 Å². The molecule has 0 unspecified atom stereocenters. The summed E-state index contributed by atoms with van der Waals surface area (Å²) in [5.74, 6) is 0. The summed E-state index contributed by atoms with van der Waals surface area (Å²) >= 11 is 0. The Morgan fingerprint density at radius 3 is 2.47 bits per heavy atom. The first-order chi connectivity index (χ1) is 7.43. The van der Waals surface area contributed by atoms with Crippen molar-refractivity contribution >= 4 is 0 Å². The normalized spacial score (nSPS) is 10.5. The van der Waals surface area contributed by atoms with Crippen molar-refractivity contribution in [1.29, 1.82) is 0 Å². The van der Waals surface area contributed by atoms with E-state index in [0.717, 1.165) is 26.1 Å². The molecule has 0 aliphatic heterocycles. The van der Waals surface area contributed by atoms with Crippen LogP contribution in [0.4, 0.5) is 0 Å². The van der Waals surface area contributed by atoms with Crippen molar-refractivity contribution in [2.24, 2.45) is 0 Å². The predicted molar refractivity (Wildman–Crippen MR) is 64.8 cm³/mol. The molecule has 0 atom stereocenters. The van der Waals surface area contributed by atoms with Crippen molar-refractivity contribution in [2.75, 3.05) is 13.2 Å². The monoisotopic (exact) mass is 205 g/mol. The third-order valence-electron chi connectivity index (χ3n) is 2.42. The highest BCUT2D eigenvalue weighted by molar-refractivity contribution is 5.14. The third-order valence-corrected chi connectivity index (χ3v) is 2.42. The van der Waals surface area contributed by atoms with Crippen molar-refractivity contribution in [3.05, 3.63) is 42.8 Å². The lowest BCUT2D eigenvalue weighted by molar-refractivity contribution is 0.133. The molecule has 1 radical (unpaired) electrons. The summed E-state index contributed by atoms with van der Waals surface area (Å²) in [7, 11) is 0. The van der Waals surface area contributed by atoms with Gasteiger partial charge in [-0.05, 0) is 18.4 Å². The van der Waals surface area contributed by atoms with Crippen molar-refractivity contribution in [3.8, 4) is 0 Å². The summed E-state index contributed by atoms with van der Waals surface area (Å²) in [6.45, 7) is 5.56. The van der Waals surface area contributed by atoms with Gasteiger partial charge in [0.15, 0.2) is 0 Å². The second-order valence-electron chi connectivity index (χ2n) is 3.76. The Hall–Kier alpha value is -0.820. The number of ether oxygens (including phenoxy) is 1. The minimum atomic E-state index is 0.842. The van der Waals surface area contributed by atoms with E-state index in [0.29, 0.717) is 0 Å². The maximum Gasteiger partial charge on any atom is 0.0506 e. The first kappa shape index (κ1) is 12.3. The SMILES string of the molecule is [CH2]CCCCCOCCc1ccccc1. The third kappa shape index (κ3) is 6.29. The first-order valence-electron chi connectivity index (χ1n) is 5.84. The molecule has 1 heteroatoms. The van der Waals surface area contributed by atoms with Gasteiger partial charge in [-0.2, -0.15) is 0 Å². The molecule has 0 heterocycles. The molecular formula is C14H21O. The van der Waals surface area contributed by atoms with Gasteiger partial charge in [-0.1, -0.05) is 56.5 Å². The molecule has 0 saturated carbocycles. The average Bonchev–Trinajstić information content (AvgIpc) is 2.29. The highest BCUT2D eigenvalue weighted by Gasteiger charge is 1.92. The van der Waals surface area contributed by atoms with Gasteiger partial charge in [-0.25, -0.2) is 0 Å². The average molecular weight is 205 g/mol. The molecule has 0 aliphatic rings. The van der Waals surface area contributed by atoms with E-state index in [1.54, 1.807) is 0 Å². The van der Waals surface area contributed by atoms with Crippen molar-refractivity contribution < 1.29 is 4.74 Å². The Morgan fingerprint density at radius 1 is 0.933 bits per heavy atom. The van der Waals surface area contributed by atoms with Gasteiger partial charge >= 0.3 is 0 Å². The Morgan fingerprint density at radius 2 is 1.73 bits per heavy atom. The van der Waals surface area contributed by atoms with Crippen molar-refractivity contribution in [2.45, 2.75) is 32.1 Å². The summed E-state index contributed by atoms with van der Waals surface area (Å²) in [4.78, 5) is 0. The van der Waals surface area contributed by atoms with Crippen LogP contribution in [0.25, 0.3) is 0 Å². The van der Waals surface area contributed by atoms with E-state index in [1.165, 1.54) is 24.8 Å². The molecule has 0 spiro atoms. The van der Waals surface area contributed by atoms with Crippen LogP contribution in [0.1, 0.15) is 31.2 Å². The lowest BCUT2D eigenvalue weighted by Gasteiger charge is -2.03. The zero-order valence-corrected chi connectivity index (χ0v) is 9.45. The summed E-state index contributed by atoms with van der Waals surface area (Å²) in [5, 5.41) is 0. The topological polar surface area (TPSA) is 9.23 Å². The largest absolute Gasteiger partial charge is 0.381 e. The molecule has 0 N–H and O–H groups in total. The van der Waals surface area contributed by atoms with Crippen LogP contribution >= 0.6 is 0 Å². The minimum Gasteiger partial charge on any atom is -0.381 e. The first-order valence-corrected chi connectivity index (χ1v) is 5.84. The summed E-state index contributed by atoms with van der Waals surface area (Å²) in [6, 6.07) is 10.5. The fraction of sp³-hybridized carbons (Fsp3) is 0.500. The van der Waals surface area contributed by atoms with Gasteiger partial charge in [0.2, 0.25) is 0 Å². The number of hydrogen-bond acceptors (Lipinski definition) is 1. The lowest BCUT2D eigenvalue weighted by atomic mass is 10.2. The van der Waals surface area contributed by atoms with Gasteiger partial charge < -0.3 is 4.74 Å². The van der Waals surface area contributed by atoms with Gasteiger partial charge in [0, 0.05) is 6.61 Å². The summed E-state index contributed by atoms with van der Waals surface area (Å²) < 4.78 is 5.56. The predicted octanol–water partition coefficient (Wildman–Crippen LogP) is 3.64. The maximum atomic E-state index is 5.56. The molecule has 1 nitrogen and oxygen atoms in total.